The van der Waals surface area contributed by atoms with Gasteiger partial charge in [0.1, 0.15) is 0 Å². The number of hydrogen-bond donors (Lipinski definition) is 0. The van der Waals surface area contributed by atoms with Crippen molar-refractivity contribution >= 4 is 34.6 Å². The van der Waals surface area contributed by atoms with Gasteiger partial charge in [-0.1, -0.05) is 81.4 Å². The summed E-state index contributed by atoms with van der Waals surface area (Å²) in [4.78, 5) is 2.48. The van der Waals surface area contributed by atoms with Gasteiger partial charge in [-0.25, -0.2) is 4.39 Å². The molecule has 2 atom stereocenters. The summed E-state index contributed by atoms with van der Waals surface area (Å²) in [6.07, 6.45) is 2.43. The van der Waals surface area contributed by atoms with Gasteiger partial charge in [-0.2, -0.15) is 0 Å². The van der Waals surface area contributed by atoms with Crippen LogP contribution in [0.4, 0.5) is 4.39 Å². The van der Waals surface area contributed by atoms with Crippen LogP contribution in [0.15, 0.2) is 60.7 Å². The van der Waals surface area contributed by atoms with Crippen LogP contribution in [0.3, 0.4) is 0 Å². The van der Waals surface area contributed by atoms with E-state index in [2.05, 4.69) is 102 Å². The molecule has 1 heterocycles. The molecule has 0 N–H and O–H groups in total. The number of fused-ring (bicyclic) bond motifs is 1. The topological polar surface area (TPSA) is 12.5 Å². The van der Waals surface area contributed by atoms with Crippen LogP contribution in [0.25, 0.3) is 0 Å². The molecule has 2 unspecified atom stereocenters. The van der Waals surface area contributed by atoms with Crippen LogP contribution in [-0.2, 0) is 4.43 Å². The monoisotopic (exact) mass is 501 g/mol. The smallest absolute Gasteiger partial charge is 0.261 e. The van der Waals surface area contributed by atoms with E-state index in [1.807, 2.05) is 0 Å². The summed E-state index contributed by atoms with van der Waals surface area (Å²) in [5.41, 5.74) is 0.231. The summed E-state index contributed by atoms with van der Waals surface area (Å²) in [5.74, 6) is 0.363. The third-order valence-corrected chi connectivity index (χ3v) is 14.0. The molecule has 166 valence electrons. The fourth-order valence-electron chi connectivity index (χ4n) is 5.74. The summed E-state index contributed by atoms with van der Waals surface area (Å²) in [6, 6.07) is 21.8. The molecule has 0 radical (unpaired) electrons. The van der Waals surface area contributed by atoms with Crippen LogP contribution in [0.5, 0.6) is 0 Å². The Hall–Kier alpha value is -1.01. The number of nitrogens with zero attached hydrogens (tertiary/aromatic N) is 1. The second-order valence-corrected chi connectivity index (χ2v) is 16.6. The SMILES string of the molecule is CC(C)(C)[Si](OCC1(CN2CC3C(C2)C3(F)Br)CC1)(c1ccccc1)c1ccccc1. The van der Waals surface area contributed by atoms with Crippen LogP contribution < -0.4 is 10.4 Å². The van der Waals surface area contributed by atoms with Crippen molar-refractivity contribution in [3.05, 3.63) is 60.7 Å². The third kappa shape index (κ3) is 3.75. The first kappa shape index (κ1) is 21.8. The van der Waals surface area contributed by atoms with E-state index in [1.54, 1.807) is 0 Å². The lowest BCUT2D eigenvalue weighted by atomic mass is 10.1. The van der Waals surface area contributed by atoms with Crippen molar-refractivity contribution in [2.45, 2.75) is 43.2 Å². The molecule has 0 spiro atoms. The van der Waals surface area contributed by atoms with Crippen molar-refractivity contribution in [2.75, 3.05) is 26.2 Å². The maximum atomic E-state index is 14.2. The fourth-order valence-corrected chi connectivity index (χ4v) is 11.2. The van der Waals surface area contributed by atoms with E-state index < -0.39 is 12.9 Å². The summed E-state index contributed by atoms with van der Waals surface area (Å²) in [7, 11) is -2.49. The van der Waals surface area contributed by atoms with Gasteiger partial charge in [-0.3, -0.25) is 0 Å². The fraction of sp³-hybridized carbons (Fsp3) is 0.538. The molecule has 0 bridgehead atoms. The molecule has 0 amide bonds. The molecule has 0 aromatic heterocycles. The highest BCUT2D eigenvalue weighted by molar-refractivity contribution is 9.10. The van der Waals surface area contributed by atoms with Crippen molar-refractivity contribution in [3.63, 3.8) is 0 Å². The molecule has 1 saturated heterocycles. The van der Waals surface area contributed by atoms with Crippen molar-refractivity contribution in [3.8, 4) is 0 Å². The van der Waals surface area contributed by atoms with Gasteiger partial charge in [0.2, 0.25) is 0 Å². The van der Waals surface area contributed by atoms with Gasteiger partial charge in [0.25, 0.3) is 8.32 Å². The van der Waals surface area contributed by atoms with Gasteiger partial charge < -0.3 is 9.33 Å². The van der Waals surface area contributed by atoms with Crippen molar-refractivity contribution in [1.82, 2.24) is 4.90 Å². The number of likely N-dealkylation sites (tertiary alicyclic amines) is 1. The van der Waals surface area contributed by atoms with E-state index in [0.717, 1.165) is 26.2 Å². The van der Waals surface area contributed by atoms with Crippen molar-refractivity contribution < 1.29 is 8.82 Å². The maximum absolute atomic E-state index is 14.2. The largest absolute Gasteiger partial charge is 0.407 e. The van der Waals surface area contributed by atoms with Crippen LogP contribution in [0.1, 0.15) is 33.6 Å². The average molecular weight is 503 g/mol. The molecule has 2 saturated carbocycles. The minimum atomic E-state index is -2.49. The Morgan fingerprint density at radius 1 is 0.968 bits per heavy atom. The van der Waals surface area contributed by atoms with Crippen LogP contribution in [0.2, 0.25) is 5.04 Å². The molecule has 3 fully saturated rings. The number of hydrogen-bond acceptors (Lipinski definition) is 2. The zero-order chi connectivity index (χ0) is 21.9. The number of rotatable bonds is 7. The van der Waals surface area contributed by atoms with E-state index in [1.165, 1.54) is 23.2 Å². The Labute approximate surface area is 195 Å². The summed E-state index contributed by atoms with van der Waals surface area (Å²) >= 11 is 3.27. The summed E-state index contributed by atoms with van der Waals surface area (Å²) < 4.78 is 20.3. The lowest BCUT2D eigenvalue weighted by molar-refractivity contribution is 0.153. The van der Waals surface area contributed by atoms with Gasteiger partial charge in [0.05, 0.1) is 0 Å². The first-order valence-corrected chi connectivity index (χ1v) is 14.2. The average Bonchev–Trinajstić information content (AvgIpc) is 3.52. The number of benzene rings is 2. The predicted octanol–water partition coefficient (Wildman–Crippen LogP) is 4.97. The van der Waals surface area contributed by atoms with E-state index in [9.17, 15) is 4.39 Å². The first-order valence-electron chi connectivity index (χ1n) is 11.5. The standard InChI is InChI=1S/C26H33BrFNOSi/c1-24(2,3)31(20-10-6-4-7-11-20,21-12-8-5-9-13-21)30-19-25(14-15-25)18-29-16-22-23(17-29)26(22,27)28/h4-13,22-23H,14-19H2,1-3H3. The highest BCUT2D eigenvalue weighted by Gasteiger charge is 2.69. The highest BCUT2D eigenvalue weighted by Crippen LogP contribution is 2.63. The molecule has 5 rings (SSSR count). The Morgan fingerprint density at radius 2 is 1.45 bits per heavy atom. The second kappa shape index (κ2) is 7.51. The normalized spacial score (nSPS) is 29.6. The van der Waals surface area contributed by atoms with Gasteiger partial charge >= 0.3 is 0 Å². The first-order chi connectivity index (χ1) is 14.7. The van der Waals surface area contributed by atoms with Crippen LogP contribution in [0, 0.1) is 17.3 Å². The molecule has 1 aliphatic heterocycles. The molecule has 2 aromatic rings. The molecular weight excluding hydrogens is 469 g/mol. The van der Waals surface area contributed by atoms with Gasteiger partial charge in [0, 0.05) is 43.5 Å². The zero-order valence-corrected chi connectivity index (χ0v) is 21.4. The van der Waals surface area contributed by atoms with Gasteiger partial charge in [0.15, 0.2) is 4.58 Å². The Morgan fingerprint density at radius 3 is 1.87 bits per heavy atom. The highest BCUT2D eigenvalue weighted by atomic mass is 79.9. The minimum absolute atomic E-state index is 0.00481. The molecule has 2 nitrogen and oxygen atoms in total. The van der Waals surface area contributed by atoms with Crippen molar-refractivity contribution in [1.29, 1.82) is 0 Å². The van der Waals surface area contributed by atoms with Crippen molar-refractivity contribution in [2.24, 2.45) is 17.3 Å². The second-order valence-electron chi connectivity index (χ2n) is 11.0. The van der Waals surface area contributed by atoms with E-state index >= 15 is 0 Å². The summed E-state index contributed by atoms with van der Waals surface area (Å²) in [6.45, 7) is 10.6. The van der Waals surface area contributed by atoms with E-state index in [4.69, 9.17) is 4.43 Å². The molecule has 2 aliphatic carbocycles. The molecular formula is C26H33BrFNOSi. The minimum Gasteiger partial charge on any atom is -0.407 e. The van der Waals surface area contributed by atoms with Gasteiger partial charge in [-0.15, -0.1) is 0 Å². The number of piperidine rings is 1. The Kier molecular flexibility index (Phi) is 5.28. The number of alkyl halides is 2. The van der Waals surface area contributed by atoms with E-state index in [-0.39, 0.29) is 22.3 Å². The Bertz CT molecular complexity index is 872. The molecule has 2 aromatic carbocycles. The van der Waals surface area contributed by atoms with Crippen LogP contribution >= 0.6 is 15.9 Å². The molecule has 3 aliphatic rings. The maximum Gasteiger partial charge on any atom is 0.261 e. The molecule has 31 heavy (non-hydrogen) atoms. The summed E-state index contributed by atoms with van der Waals surface area (Å²) in [5, 5.41) is 2.69. The third-order valence-electron chi connectivity index (χ3n) is 7.80. The predicted molar refractivity (Wildman–Crippen MR) is 131 cm³/mol. The zero-order valence-electron chi connectivity index (χ0n) is 18.8. The van der Waals surface area contributed by atoms with Crippen LogP contribution in [-0.4, -0.2) is 44.0 Å². The number of halogens is 2. The lowest BCUT2D eigenvalue weighted by Crippen LogP contribution is -2.67. The molecule has 5 heteroatoms. The van der Waals surface area contributed by atoms with E-state index in [0.29, 0.717) is 0 Å². The van der Waals surface area contributed by atoms with Gasteiger partial charge in [-0.05, 0) is 44.2 Å². The Balaban J connectivity index is 1.39. The lowest BCUT2D eigenvalue weighted by Gasteiger charge is -2.44. The quantitative estimate of drug-likeness (QED) is 0.392.